The predicted molar refractivity (Wildman–Crippen MR) is 79.6 cm³/mol. The first-order chi connectivity index (χ1) is 11.1. The van der Waals surface area contributed by atoms with E-state index in [9.17, 15) is 13.3 Å². The maximum atomic E-state index is 14.8. The largest absolute Gasteiger partial charge is 0.356 e. The summed E-state index contributed by atoms with van der Waals surface area (Å²) < 4.78 is 46.8. The van der Waals surface area contributed by atoms with Gasteiger partial charge in [0.05, 0.1) is 18.6 Å². The van der Waals surface area contributed by atoms with Crippen LogP contribution < -0.4 is 0 Å². The Morgan fingerprint density at radius 2 is 2.08 bits per heavy atom. The molecule has 2 N–H and O–H groups in total. The third-order valence-electron chi connectivity index (χ3n) is 4.29. The van der Waals surface area contributed by atoms with Gasteiger partial charge in [0.2, 0.25) is 0 Å². The van der Waals surface area contributed by atoms with Gasteiger partial charge in [-0.05, 0) is 26.2 Å². The Bertz CT molecular complexity index is 802. The van der Waals surface area contributed by atoms with Crippen molar-refractivity contribution in [1.82, 2.24) is 19.5 Å². The first-order valence-corrected chi connectivity index (χ1v) is 9.12. The van der Waals surface area contributed by atoms with E-state index >= 15 is 0 Å². The van der Waals surface area contributed by atoms with Crippen LogP contribution in [0.4, 0.5) is 8.78 Å². The van der Waals surface area contributed by atoms with E-state index in [-0.39, 0.29) is 18.5 Å². The molecule has 0 saturated heterocycles. The molecule has 132 valence electrons. The van der Waals surface area contributed by atoms with Crippen molar-refractivity contribution < 1.29 is 27.9 Å². The molecule has 0 bridgehead atoms. The molecule has 1 fully saturated rings. The molecule has 0 spiro atoms. The number of ether oxygens (including phenoxy) is 1. The van der Waals surface area contributed by atoms with Crippen LogP contribution >= 0.6 is 7.60 Å². The van der Waals surface area contributed by atoms with Crippen LogP contribution in [-0.2, 0) is 15.8 Å². The lowest BCUT2D eigenvalue weighted by molar-refractivity contribution is -0.242. The third kappa shape index (κ3) is 3.06. The Hall–Kier alpha value is -1.48. The molecule has 0 aliphatic heterocycles. The van der Waals surface area contributed by atoms with Gasteiger partial charge in [0.15, 0.2) is 5.65 Å². The molecule has 0 aromatic carbocycles. The summed E-state index contributed by atoms with van der Waals surface area (Å²) in [7, 11) is -4.52. The molecule has 2 aromatic rings. The van der Waals surface area contributed by atoms with E-state index in [1.165, 1.54) is 17.2 Å². The van der Waals surface area contributed by atoms with Crippen molar-refractivity contribution in [2.75, 3.05) is 6.35 Å². The average Bonchev–Trinajstić information content (AvgIpc) is 2.80. The molecule has 0 atom stereocenters. The highest BCUT2D eigenvalue weighted by molar-refractivity contribution is 7.51. The van der Waals surface area contributed by atoms with Crippen molar-refractivity contribution in [3.05, 3.63) is 18.3 Å². The van der Waals surface area contributed by atoms with Crippen molar-refractivity contribution >= 4 is 18.8 Å². The molecular weight excluding hydrogens is 345 g/mol. The smallest absolute Gasteiger partial charge is 0.351 e. The van der Waals surface area contributed by atoms with E-state index < -0.39 is 32.0 Å². The van der Waals surface area contributed by atoms with E-state index in [0.717, 1.165) is 0 Å². The van der Waals surface area contributed by atoms with Crippen LogP contribution in [0.1, 0.15) is 25.0 Å². The number of hydrogen-bond acceptors (Lipinski definition) is 5. The van der Waals surface area contributed by atoms with Gasteiger partial charge in [0, 0.05) is 0 Å². The summed E-state index contributed by atoms with van der Waals surface area (Å²) in [6, 6.07) is 0. The van der Waals surface area contributed by atoms with Crippen molar-refractivity contribution in [2.45, 2.75) is 44.3 Å². The highest BCUT2D eigenvalue weighted by Gasteiger charge is 2.59. The fourth-order valence-electron chi connectivity index (χ4n) is 2.79. The molecule has 0 amide bonds. The molecule has 8 nitrogen and oxygen atoms in total. The van der Waals surface area contributed by atoms with E-state index in [1.807, 2.05) is 0 Å². The van der Waals surface area contributed by atoms with Crippen LogP contribution in [0.3, 0.4) is 0 Å². The SMILES string of the molecule is Cc1ncnc2c1ncn2CC(F)(F)C1(OCP(=O)(O)O)CCC1. The molecular formula is C13H17F2N4O4P. The van der Waals surface area contributed by atoms with Crippen LogP contribution in [-0.4, -0.2) is 47.2 Å². The Morgan fingerprint density at radius 1 is 1.38 bits per heavy atom. The van der Waals surface area contributed by atoms with Crippen LogP contribution in [0.5, 0.6) is 0 Å². The van der Waals surface area contributed by atoms with E-state index in [0.29, 0.717) is 17.6 Å². The summed E-state index contributed by atoms with van der Waals surface area (Å²) in [6.45, 7) is 0.969. The maximum Gasteiger partial charge on any atom is 0.351 e. The minimum Gasteiger partial charge on any atom is -0.356 e. The lowest BCUT2D eigenvalue weighted by Crippen LogP contribution is -2.57. The van der Waals surface area contributed by atoms with Crippen molar-refractivity contribution in [2.24, 2.45) is 0 Å². The average molecular weight is 362 g/mol. The second-order valence-electron chi connectivity index (χ2n) is 5.99. The molecule has 2 heterocycles. The van der Waals surface area contributed by atoms with Gasteiger partial charge >= 0.3 is 7.60 Å². The highest BCUT2D eigenvalue weighted by Crippen LogP contribution is 2.50. The van der Waals surface area contributed by atoms with Crippen LogP contribution in [0.15, 0.2) is 12.7 Å². The summed E-state index contributed by atoms with van der Waals surface area (Å²) >= 11 is 0. The normalized spacial score (nSPS) is 17.9. The Balaban J connectivity index is 1.86. The van der Waals surface area contributed by atoms with Crippen LogP contribution in [0, 0.1) is 6.92 Å². The molecule has 0 radical (unpaired) electrons. The molecule has 1 saturated carbocycles. The zero-order valence-corrected chi connectivity index (χ0v) is 13.8. The van der Waals surface area contributed by atoms with Crippen LogP contribution in [0.2, 0.25) is 0 Å². The highest BCUT2D eigenvalue weighted by atomic mass is 31.2. The molecule has 24 heavy (non-hydrogen) atoms. The number of aryl methyl sites for hydroxylation is 1. The second-order valence-corrected chi connectivity index (χ2v) is 7.58. The summed E-state index contributed by atoms with van der Waals surface area (Å²) in [6.07, 6.45) is 2.12. The lowest BCUT2D eigenvalue weighted by atomic mass is 9.75. The molecule has 11 heteroatoms. The molecule has 3 rings (SSSR count). The minimum absolute atomic E-state index is 0.0423. The van der Waals surface area contributed by atoms with Gasteiger partial charge in [-0.2, -0.15) is 0 Å². The predicted octanol–water partition coefficient (Wildman–Crippen LogP) is 1.84. The summed E-state index contributed by atoms with van der Waals surface area (Å²) in [5, 5.41) is 0. The Labute approximate surface area is 136 Å². The number of hydrogen-bond donors (Lipinski definition) is 2. The summed E-state index contributed by atoms with van der Waals surface area (Å²) in [4.78, 5) is 29.8. The number of rotatable bonds is 6. The Morgan fingerprint density at radius 3 is 2.67 bits per heavy atom. The number of nitrogens with zero attached hydrogens (tertiary/aromatic N) is 4. The van der Waals surface area contributed by atoms with Gasteiger partial charge in [-0.15, -0.1) is 0 Å². The van der Waals surface area contributed by atoms with Gasteiger partial charge in [0.1, 0.15) is 23.8 Å². The molecule has 0 unspecified atom stereocenters. The first-order valence-electron chi connectivity index (χ1n) is 7.32. The number of imidazole rings is 1. The van der Waals surface area contributed by atoms with Crippen molar-refractivity contribution in [1.29, 1.82) is 0 Å². The minimum atomic E-state index is -4.52. The van der Waals surface area contributed by atoms with Gasteiger partial charge in [-0.25, -0.2) is 23.7 Å². The van der Waals surface area contributed by atoms with E-state index in [1.54, 1.807) is 6.92 Å². The Kier molecular flexibility index (Phi) is 4.19. The quantitative estimate of drug-likeness (QED) is 0.755. The fourth-order valence-corrected chi connectivity index (χ4v) is 3.21. The molecule has 1 aliphatic rings. The molecule has 1 aliphatic carbocycles. The van der Waals surface area contributed by atoms with E-state index in [2.05, 4.69) is 15.0 Å². The van der Waals surface area contributed by atoms with Gasteiger partial charge < -0.3 is 19.1 Å². The monoisotopic (exact) mass is 362 g/mol. The number of alkyl halides is 2. The molecule has 2 aromatic heterocycles. The number of halogens is 2. The summed E-state index contributed by atoms with van der Waals surface area (Å²) in [5.74, 6) is -3.33. The zero-order valence-electron chi connectivity index (χ0n) is 12.9. The zero-order chi connectivity index (χ0) is 17.6. The lowest BCUT2D eigenvalue weighted by Gasteiger charge is -2.46. The number of fused-ring (bicyclic) bond motifs is 1. The van der Waals surface area contributed by atoms with Gasteiger partial charge in [0.25, 0.3) is 5.92 Å². The van der Waals surface area contributed by atoms with E-state index in [4.69, 9.17) is 14.5 Å². The maximum absolute atomic E-state index is 14.8. The number of aromatic nitrogens is 4. The fraction of sp³-hybridized carbons (Fsp3) is 0.615. The van der Waals surface area contributed by atoms with Gasteiger partial charge in [-0.1, -0.05) is 0 Å². The van der Waals surface area contributed by atoms with Crippen LogP contribution in [0.25, 0.3) is 11.2 Å². The second kappa shape index (κ2) is 5.80. The van der Waals surface area contributed by atoms with Gasteiger partial charge in [-0.3, -0.25) is 4.57 Å². The first kappa shape index (κ1) is 17.3. The van der Waals surface area contributed by atoms with Crippen molar-refractivity contribution in [3.8, 4) is 0 Å². The summed E-state index contributed by atoms with van der Waals surface area (Å²) in [5.41, 5.74) is -0.566. The third-order valence-corrected chi connectivity index (χ3v) is 4.76. The topological polar surface area (TPSA) is 110 Å². The van der Waals surface area contributed by atoms with Crippen molar-refractivity contribution in [3.63, 3.8) is 0 Å². The standard InChI is InChI=1S/C13H17F2N4O4P/c1-9-10-11(17-6-16-9)19(7-18-10)5-13(14,15)12(3-2-4-12)23-8-24(20,21)22/h6-7H,2-5,8H2,1H3,(H2,20,21,22).